The number of rotatable bonds is 3. The molecule has 0 aliphatic heterocycles. The Bertz CT molecular complexity index is 901. The first-order chi connectivity index (χ1) is 10.0. The molecule has 2 aromatic carbocycles. The molecule has 108 valence electrons. The van der Waals surface area contributed by atoms with Gasteiger partial charge in [0.2, 0.25) is 0 Å². The lowest BCUT2D eigenvalue weighted by atomic mass is 10.2. The van der Waals surface area contributed by atoms with Gasteiger partial charge in [-0.1, -0.05) is 18.2 Å². The minimum Gasteiger partial charge on any atom is -0.497 e. The Labute approximate surface area is 131 Å². The third-order valence-electron chi connectivity index (χ3n) is 3.23. The fourth-order valence-electron chi connectivity index (χ4n) is 2.18. The van der Waals surface area contributed by atoms with Crippen molar-refractivity contribution in [2.75, 3.05) is 7.11 Å². The molecule has 4 nitrogen and oxygen atoms in total. The van der Waals surface area contributed by atoms with Crippen LogP contribution in [0.2, 0.25) is 0 Å². The molecule has 0 radical (unpaired) electrons. The van der Waals surface area contributed by atoms with Crippen LogP contribution in [0.4, 0.5) is 0 Å². The zero-order chi connectivity index (χ0) is 15.0. The molecular formula is C15H12BrNO3S. The summed E-state index contributed by atoms with van der Waals surface area (Å²) in [5.74, 6) is 0.595. The third kappa shape index (κ3) is 2.34. The number of halogens is 1. The van der Waals surface area contributed by atoms with Crippen molar-refractivity contribution in [3.8, 4) is 5.75 Å². The maximum Gasteiger partial charge on any atom is 0.268 e. The highest BCUT2D eigenvalue weighted by Gasteiger charge is 2.19. The maximum atomic E-state index is 12.7. The Balaban J connectivity index is 2.29. The second-order valence-corrected chi connectivity index (χ2v) is 7.14. The van der Waals surface area contributed by atoms with Crippen LogP contribution < -0.4 is 4.74 Å². The Morgan fingerprint density at radius 2 is 1.81 bits per heavy atom. The van der Waals surface area contributed by atoms with E-state index in [9.17, 15) is 8.42 Å². The van der Waals surface area contributed by atoms with Gasteiger partial charge in [-0.05, 0) is 40.2 Å². The predicted molar refractivity (Wildman–Crippen MR) is 85.2 cm³/mol. The third-order valence-corrected chi connectivity index (χ3v) is 5.59. The van der Waals surface area contributed by atoms with Crippen LogP contribution in [0.15, 0.2) is 64.1 Å². The van der Waals surface area contributed by atoms with Gasteiger partial charge in [0.15, 0.2) is 0 Å². The van der Waals surface area contributed by atoms with E-state index >= 15 is 0 Å². The minimum absolute atomic E-state index is 0.251. The van der Waals surface area contributed by atoms with Gasteiger partial charge in [0, 0.05) is 22.1 Å². The number of benzene rings is 2. The van der Waals surface area contributed by atoms with Crippen LogP contribution in [0.3, 0.4) is 0 Å². The van der Waals surface area contributed by atoms with Crippen molar-refractivity contribution in [2.24, 2.45) is 0 Å². The molecule has 0 unspecified atom stereocenters. The molecule has 0 amide bonds. The number of methoxy groups -OCH3 is 1. The monoisotopic (exact) mass is 365 g/mol. The van der Waals surface area contributed by atoms with Gasteiger partial charge in [0.05, 0.1) is 17.5 Å². The Morgan fingerprint density at radius 1 is 1.10 bits per heavy atom. The van der Waals surface area contributed by atoms with Crippen molar-refractivity contribution in [1.29, 1.82) is 0 Å². The van der Waals surface area contributed by atoms with Crippen LogP contribution in [0, 0.1) is 0 Å². The van der Waals surface area contributed by atoms with Gasteiger partial charge in [-0.2, -0.15) is 0 Å². The fourth-order valence-corrected chi connectivity index (χ4v) is 4.10. The molecule has 0 fully saturated rings. The van der Waals surface area contributed by atoms with Crippen molar-refractivity contribution in [2.45, 2.75) is 4.90 Å². The average Bonchev–Trinajstić information content (AvgIpc) is 2.93. The first kappa shape index (κ1) is 14.2. The van der Waals surface area contributed by atoms with Crippen LogP contribution in [0.5, 0.6) is 5.75 Å². The van der Waals surface area contributed by atoms with Crippen LogP contribution in [-0.2, 0) is 10.0 Å². The van der Waals surface area contributed by atoms with Crippen LogP contribution in [0.25, 0.3) is 10.9 Å². The summed E-state index contributed by atoms with van der Waals surface area (Å²) in [7, 11) is -2.08. The molecular weight excluding hydrogens is 354 g/mol. The van der Waals surface area contributed by atoms with E-state index in [2.05, 4.69) is 15.9 Å². The molecule has 1 aromatic heterocycles. The molecule has 1 heterocycles. The number of aromatic nitrogens is 1. The van der Waals surface area contributed by atoms with Gasteiger partial charge in [0.25, 0.3) is 10.0 Å². The van der Waals surface area contributed by atoms with Gasteiger partial charge in [-0.3, -0.25) is 0 Å². The highest BCUT2D eigenvalue weighted by molar-refractivity contribution is 9.10. The molecule has 3 aromatic rings. The maximum absolute atomic E-state index is 12.7. The normalized spacial score (nSPS) is 11.7. The zero-order valence-corrected chi connectivity index (χ0v) is 13.6. The molecule has 0 saturated heterocycles. The van der Waals surface area contributed by atoms with Crippen LogP contribution >= 0.6 is 15.9 Å². The summed E-state index contributed by atoms with van der Waals surface area (Å²) < 4.78 is 32.7. The molecule has 0 aliphatic rings. The van der Waals surface area contributed by atoms with E-state index in [1.165, 1.54) is 3.97 Å². The second-order valence-electron chi connectivity index (χ2n) is 4.47. The Hall–Kier alpha value is -1.79. The summed E-state index contributed by atoms with van der Waals surface area (Å²) in [6.07, 6.45) is 1.55. The van der Waals surface area contributed by atoms with Gasteiger partial charge in [-0.15, -0.1) is 0 Å². The predicted octanol–water partition coefficient (Wildman–Crippen LogP) is 3.65. The average molecular weight is 366 g/mol. The lowest BCUT2D eigenvalue weighted by Crippen LogP contribution is -2.11. The summed E-state index contributed by atoms with van der Waals surface area (Å²) in [5.41, 5.74) is 0.574. The van der Waals surface area contributed by atoms with Gasteiger partial charge >= 0.3 is 0 Å². The summed E-state index contributed by atoms with van der Waals surface area (Å²) in [6.45, 7) is 0. The molecule has 0 spiro atoms. The van der Waals surface area contributed by atoms with Gasteiger partial charge in [0.1, 0.15) is 5.75 Å². The first-order valence-electron chi connectivity index (χ1n) is 6.19. The second kappa shape index (κ2) is 5.20. The minimum atomic E-state index is -3.62. The van der Waals surface area contributed by atoms with Crippen molar-refractivity contribution in [3.63, 3.8) is 0 Å². The lowest BCUT2D eigenvalue weighted by Gasteiger charge is -2.09. The van der Waals surface area contributed by atoms with Crippen molar-refractivity contribution >= 4 is 36.9 Å². The summed E-state index contributed by atoms with van der Waals surface area (Å²) in [6, 6.07) is 13.6. The molecule has 0 bridgehead atoms. The van der Waals surface area contributed by atoms with Crippen LogP contribution in [-0.4, -0.2) is 19.5 Å². The highest BCUT2D eigenvalue weighted by Crippen LogP contribution is 2.32. The summed E-state index contributed by atoms with van der Waals surface area (Å²) in [5, 5.41) is 0.815. The summed E-state index contributed by atoms with van der Waals surface area (Å²) in [4.78, 5) is 0.251. The highest BCUT2D eigenvalue weighted by atomic mass is 79.9. The van der Waals surface area contributed by atoms with E-state index in [0.29, 0.717) is 11.3 Å². The SMILES string of the molecule is COc1cc(Br)c2ccn(S(=O)(=O)c3ccccc3)c2c1. The lowest BCUT2D eigenvalue weighted by molar-refractivity contribution is 0.415. The van der Waals surface area contributed by atoms with E-state index in [1.807, 2.05) is 6.07 Å². The Kier molecular flexibility index (Phi) is 3.51. The van der Waals surface area contributed by atoms with Crippen molar-refractivity contribution < 1.29 is 13.2 Å². The van der Waals surface area contributed by atoms with E-state index in [0.717, 1.165) is 9.86 Å². The molecule has 0 atom stereocenters. The van der Waals surface area contributed by atoms with Gasteiger partial charge < -0.3 is 4.74 Å². The number of fused-ring (bicyclic) bond motifs is 1. The van der Waals surface area contributed by atoms with Crippen LogP contribution in [0.1, 0.15) is 0 Å². The molecule has 0 saturated carbocycles. The number of hydrogen-bond acceptors (Lipinski definition) is 3. The molecule has 0 aliphatic carbocycles. The first-order valence-corrected chi connectivity index (χ1v) is 8.42. The summed E-state index contributed by atoms with van der Waals surface area (Å²) >= 11 is 3.44. The molecule has 6 heteroatoms. The van der Waals surface area contributed by atoms with Crippen molar-refractivity contribution in [3.05, 3.63) is 59.2 Å². The number of nitrogens with zero attached hydrogens (tertiary/aromatic N) is 1. The zero-order valence-electron chi connectivity index (χ0n) is 11.2. The number of ether oxygens (including phenoxy) is 1. The van der Waals surface area contributed by atoms with Crippen molar-refractivity contribution in [1.82, 2.24) is 3.97 Å². The molecule has 21 heavy (non-hydrogen) atoms. The smallest absolute Gasteiger partial charge is 0.268 e. The van der Waals surface area contributed by atoms with Gasteiger partial charge in [-0.25, -0.2) is 12.4 Å². The van der Waals surface area contributed by atoms with E-state index in [4.69, 9.17) is 4.74 Å². The van der Waals surface area contributed by atoms with E-state index in [1.54, 1.807) is 55.8 Å². The number of hydrogen-bond donors (Lipinski definition) is 0. The Morgan fingerprint density at radius 3 is 2.48 bits per heavy atom. The fraction of sp³-hybridized carbons (Fsp3) is 0.0667. The quantitative estimate of drug-likeness (QED) is 0.711. The topological polar surface area (TPSA) is 48.3 Å². The standard InChI is InChI=1S/C15H12BrNO3S/c1-20-11-9-14(16)13-7-8-17(15(13)10-11)21(18,19)12-5-3-2-4-6-12/h2-10H,1H3. The largest absolute Gasteiger partial charge is 0.497 e. The van der Waals surface area contributed by atoms with E-state index in [-0.39, 0.29) is 4.90 Å². The molecule has 3 rings (SSSR count). The van der Waals surface area contributed by atoms with E-state index < -0.39 is 10.0 Å². The molecule has 0 N–H and O–H groups in total.